The second-order valence-electron chi connectivity index (χ2n) is 4.44. The summed E-state index contributed by atoms with van der Waals surface area (Å²) < 4.78 is 0. The summed E-state index contributed by atoms with van der Waals surface area (Å²) in [5, 5.41) is 2.85. The Morgan fingerprint density at radius 2 is 2.44 bits per heavy atom. The van der Waals surface area contributed by atoms with Crippen molar-refractivity contribution in [2.75, 3.05) is 17.3 Å². The third-order valence-electron chi connectivity index (χ3n) is 2.76. The van der Waals surface area contributed by atoms with Gasteiger partial charge in [-0.2, -0.15) is 0 Å². The summed E-state index contributed by atoms with van der Waals surface area (Å²) >= 11 is 7.33. The summed E-state index contributed by atoms with van der Waals surface area (Å²) in [5.41, 5.74) is 1.06. The molecule has 0 bridgehead atoms. The molecular weight excluding hydrogens is 244 g/mol. The smallest absolute Gasteiger partial charge is 0.229 e. The number of hydrogen-bond donors (Lipinski definition) is 0. The van der Waals surface area contributed by atoms with Crippen molar-refractivity contribution in [3.05, 3.63) is 11.1 Å². The lowest BCUT2D eigenvalue weighted by Crippen LogP contribution is -2.24. The first-order valence-corrected chi connectivity index (χ1v) is 6.85. The molecule has 88 valence electrons. The van der Waals surface area contributed by atoms with Crippen LogP contribution in [0.2, 0.25) is 0 Å². The van der Waals surface area contributed by atoms with E-state index in [0.717, 1.165) is 10.8 Å². The van der Waals surface area contributed by atoms with Gasteiger partial charge < -0.3 is 0 Å². The molecule has 0 N–H and O–H groups in total. The van der Waals surface area contributed by atoms with Crippen molar-refractivity contribution in [3.63, 3.8) is 0 Å². The molecular formula is C11H15ClN2OS. The average molecular weight is 259 g/mol. The van der Waals surface area contributed by atoms with Crippen molar-refractivity contribution in [1.82, 2.24) is 4.98 Å². The molecule has 0 saturated carbocycles. The Balaban J connectivity index is 2.15. The number of thiazole rings is 1. The van der Waals surface area contributed by atoms with E-state index in [1.165, 1.54) is 0 Å². The van der Waals surface area contributed by atoms with Crippen molar-refractivity contribution in [2.45, 2.75) is 26.2 Å². The van der Waals surface area contributed by atoms with Crippen molar-refractivity contribution in [3.8, 4) is 0 Å². The van der Waals surface area contributed by atoms with Crippen LogP contribution in [0.4, 0.5) is 5.13 Å². The first-order valence-electron chi connectivity index (χ1n) is 5.43. The van der Waals surface area contributed by atoms with Gasteiger partial charge in [0.25, 0.3) is 0 Å². The zero-order chi connectivity index (χ0) is 11.7. The largest absolute Gasteiger partial charge is 0.288 e. The minimum absolute atomic E-state index is 0.148. The molecule has 1 saturated heterocycles. The van der Waals surface area contributed by atoms with E-state index in [4.69, 9.17) is 11.6 Å². The predicted molar refractivity (Wildman–Crippen MR) is 67.4 cm³/mol. The number of halogens is 1. The maximum absolute atomic E-state index is 11.8. The second-order valence-corrected chi connectivity index (χ2v) is 5.58. The van der Waals surface area contributed by atoms with Gasteiger partial charge in [-0.1, -0.05) is 13.8 Å². The molecule has 0 spiro atoms. The molecule has 1 unspecified atom stereocenters. The molecule has 1 amide bonds. The van der Waals surface area contributed by atoms with Crippen molar-refractivity contribution in [2.24, 2.45) is 5.92 Å². The summed E-state index contributed by atoms with van der Waals surface area (Å²) in [7, 11) is 0. The Hall–Kier alpha value is -0.610. The number of amides is 1. The molecule has 1 aromatic rings. The number of aromatic nitrogens is 1. The van der Waals surface area contributed by atoms with Gasteiger partial charge in [0.05, 0.1) is 5.69 Å². The van der Waals surface area contributed by atoms with Crippen molar-refractivity contribution in [1.29, 1.82) is 0 Å². The van der Waals surface area contributed by atoms with E-state index in [0.29, 0.717) is 24.8 Å². The highest BCUT2D eigenvalue weighted by Gasteiger charge is 2.31. The van der Waals surface area contributed by atoms with Gasteiger partial charge in [-0.3, -0.25) is 9.69 Å². The van der Waals surface area contributed by atoms with Crippen LogP contribution in [-0.2, 0) is 4.79 Å². The van der Waals surface area contributed by atoms with Gasteiger partial charge in [-0.15, -0.1) is 22.9 Å². The van der Waals surface area contributed by atoms with E-state index >= 15 is 0 Å². The number of nitrogens with zero attached hydrogens (tertiary/aromatic N) is 2. The third kappa shape index (κ3) is 2.23. The van der Waals surface area contributed by atoms with Gasteiger partial charge in [0.2, 0.25) is 5.91 Å². The topological polar surface area (TPSA) is 33.2 Å². The van der Waals surface area contributed by atoms with Gasteiger partial charge in [0.15, 0.2) is 5.13 Å². The van der Waals surface area contributed by atoms with Crippen LogP contribution < -0.4 is 4.90 Å². The number of anilines is 1. The van der Waals surface area contributed by atoms with Crippen LogP contribution in [0.25, 0.3) is 0 Å². The molecule has 1 atom stereocenters. The van der Waals surface area contributed by atoms with Gasteiger partial charge in [-0.05, 0) is 11.8 Å². The maximum atomic E-state index is 11.8. The number of alkyl halides is 1. The number of rotatable bonds is 3. The van der Waals surface area contributed by atoms with Crippen LogP contribution in [0.1, 0.15) is 31.9 Å². The Bertz CT molecular complexity index is 391. The minimum atomic E-state index is 0.148. The maximum Gasteiger partial charge on any atom is 0.229 e. The van der Waals surface area contributed by atoms with E-state index in [2.05, 4.69) is 18.8 Å². The van der Waals surface area contributed by atoms with E-state index in [9.17, 15) is 4.79 Å². The minimum Gasteiger partial charge on any atom is -0.288 e. The molecule has 3 nitrogen and oxygen atoms in total. The quantitative estimate of drug-likeness (QED) is 0.781. The Kier molecular flexibility index (Phi) is 3.50. The van der Waals surface area contributed by atoms with Crippen LogP contribution >= 0.6 is 22.9 Å². The van der Waals surface area contributed by atoms with E-state index in [1.807, 2.05) is 5.38 Å². The molecule has 1 aliphatic rings. The van der Waals surface area contributed by atoms with Crippen LogP contribution in [0.15, 0.2) is 5.38 Å². The standard InChI is InChI=1S/C11H15ClN2OS/c1-7(2)9-6-16-11(13-9)14-5-8(4-12)3-10(14)15/h6-8H,3-5H2,1-2H3. The van der Waals surface area contributed by atoms with Crippen LogP contribution in [0, 0.1) is 5.92 Å². The van der Waals surface area contributed by atoms with Crippen LogP contribution in [0.5, 0.6) is 0 Å². The first-order chi connectivity index (χ1) is 7.61. The summed E-state index contributed by atoms with van der Waals surface area (Å²) in [4.78, 5) is 18.0. The summed E-state index contributed by atoms with van der Waals surface area (Å²) in [6.07, 6.45) is 0.556. The number of carbonyl (C=O) groups excluding carboxylic acids is 1. The van der Waals surface area contributed by atoms with Crippen LogP contribution in [0.3, 0.4) is 0 Å². The lowest BCUT2D eigenvalue weighted by Gasteiger charge is -2.11. The molecule has 0 aromatic carbocycles. The second kappa shape index (κ2) is 4.72. The molecule has 0 aliphatic carbocycles. The first kappa shape index (κ1) is 11.9. The molecule has 2 rings (SSSR count). The SMILES string of the molecule is CC(C)c1csc(N2CC(CCl)CC2=O)n1. The average Bonchev–Trinajstić information content (AvgIpc) is 2.83. The van der Waals surface area contributed by atoms with Crippen molar-refractivity contribution >= 4 is 34.0 Å². The number of carbonyl (C=O) groups is 1. The van der Waals surface area contributed by atoms with Crippen molar-refractivity contribution < 1.29 is 4.79 Å². The summed E-state index contributed by atoms with van der Waals surface area (Å²) in [6.45, 7) is 4.92. The normalized spacial score (nSPS) is 21.1. The molecule has 0 radical (unpaired) electrons. The van der Waals surface area contributed by atoms with E-state index in [-0.39, 0.29) is 11.8 Å². The van der Waals surface area contributed by atoms with Gasteiger partial charge in [-0.25, -0.2) is 4.98 Å². The molecule has 1 aromatic heterocycles. The fourth-order valence-corrected chi connectivity index (χ4v) is 2.95. The highest BCUT2D eigenvalue weighted by molar-refractivity contribution is 7.14. The monoisotopic (exact) mass is 258 g/mol. The predicted octanol–water partition coefficient (Wildman–Crippen LogP) is 2.86. The van der Waals surface area contributed by atoms with Crippen LogP contribution in [-0.4, -0.2) is 23.3 Å². The fraction of sp³-hybridized carbons (Fsp3) is 0.636. The zero-order valence-electron chi connectivity index (χ0n) is 9.44. The molecule has 1 fully saturated rings. The van der Waals surface area contributed by atoms with Gasteiger partial charge in [0.1, 0.15) is 0 Å². The summed E-state index contributed by atoms with van der Waals surface area (Å²) in [6, 6.07) is 0. The molecule has 2 heterocycles. The Morgan fingerprint density at radius 1 is 1.69 bits per heavy atom. The lowest BCUT2D eigenvalue weighted by atomic mass is 10.2. The lowest BCUT2D eigenvalue weighted by molar-refractivity contribution is -0.117. The fourth-order valence-electron chi connectivity index (χ4n) is 1.74. The van der Waals surface area contributed by atoms with E-state index in [1.54, 1.807) is 16.2 Å². The highest BCUT2D eigenvalue weighted by atomic mass is 35.5. The molecule has 1 aliphatic heterocycles. The number of hydrogen-bond acceptors (Lipinski definition) is 3. The Morgan fingerprint density at radius 3 is 2.94 bits per heavy atom. The Labute approximate surface area is 104 Å². The highest BCUT2D eigenvalue weighted by Crippen LogP contribution is 2.30. The van der Waals surface area contributed by atoms with E-state index < -0.39 is 0 Å². The van der Waals surface area contributed by atoms with Gasteiger partial charge in [0, 0.05) is 24.2 Å². The zero-order valence-corrected chi connectivity index (χ0v) is 11.0. The molecule has 5 heteroatoms. The third-order valence-corrected chi connectivity index (χ3v) is 4.07. The summed E-state index contributed by atoms with van der Waals surface area (Å²) in [5.74, 6) is 1.38. The molecule has 16 heavy (non-hydrogen) atoms. The van der Waals surface area contributed by atoms with Gasteiger partial charge >= 0.3 is 0 Å².